The second-order valence-corrected chi connectivity index (χ2v) is 6.62. The van der Waals surface area contributed by atoms with E-state index < -0.39 is 0 Å². The first-order chi connectivity index (χ1) is 12.7. The average Bonchev–Trinajstić information content (AvgIpc) is 3.01. The standard InChI is InChI=1S/C19H16BrNO5/c1-23-10-12-11-4-2-3-5-15(11)26-18(12)19(22)21-14-9-17-16(8-13(14)20)24-6-7-25-17/h2-5,8-9H,6-7,10H2,1H3,(H,21,22). The molecule has 0 saturated carbocycles. The highest BCUT2D eigenvalue weighted by atomic mass is 79.9. The smallest absolute Gasteiger partial charge is 0.291 e. The van der Waals surface area contributed by atoms with Crippen LogP contribution in [0.5, 0.6) is 11.5 Å². The molecule has 2 heterocycles. The summed E-state index contributed by atoms with van der Waals surface area (Å²) in [5.74, 6) is 1.11. The molecule has 0 bridgehead atoms. The second-order valence-electron chi connectivity index (χ2n) is 5.77. The van der Waals surface area contributed by atoms with Gasteiger partial charge < -0.3 is 23.9 Å². The predicted octanol–water partition coefficient (Wildman–Crippen LogP) is 4.37. The molecule has 1 aliphatic rings. The van der Waals surface area contributed by atoms with Crippen molar-refractivity contribution >= 4 is 38.5 Å². The lowest BCUT2D eigenvalue weighted by atomic mass is 10.1. The number of benzene rings is 2. The third-order valence-corrected chi connectivity index (χ3v) is 4.73. The number of hydrogen-bond donors (Lipinski definition) is 1. The normalized spacial score (nSPS) is 13.0. The summed E-state index contributed by atoms with van der Waals surface area (Å²) in [6.45, 7) is 1.26. The van der Waals surface area contributed by atoms with E-state index in [1.54, 1.807) is 19.2 Å². The van der Waals surface area contributed by atoms with Crippen molar-refractivity contribution in [1.82, 2.24) is 0 Å². The summed E-state index contributed by atoms with van der Waals surface area (Å²) < 4.78 is 22.8. The Morgan fingerprint density at radius 1 is 1.19 bits per heavy atom. The van der Waals surface area contributed by atoms with Crippen molar-refractivity contribution in [3.63, 3.8) is 0 Å². The Morgan fingerprint density at radius 3 is 2.69 bits per heavy atom. The summed E-state index contributed by atoms with van der Waals surface area (Å²) in [7, 11) is 1.58. The van der Waals surface area contributed by atoms with Gasteiger partial charge in [0.15, 0.2) is 17.3 Å². The topological polar surface area (TPSA) is 69.9 Å². The van der Waals surface area contributed by atoms with Crippen molar-refractivity contribution < 1.29 is 23.4 Å². The Hall–Kier alpha value is -2.51. The molecular weight excluding hydrogens is 402 g/mol. The van der Waals surface area contributed by atoms with Gasteiger partial charge in [0, 0.05) is 34.7 Å². The Balaban J connectivity index is 1.69. The maximum atomic E-state index is 12.8. The van der Waals surface area contributed by atoms with Gasteiger partial charge in [-0.1, -0.05) is 18.2 Å². The third-order valence-electron chi connectivity index (χ3n) is 4.07. The van der Waals surface area contributed by atoms with Crippen LogP contribution in [0.25, 0.3) is 11.0 Å². The van der Waals surface area contributed by atoms with Crippen LogP contribution < -0.4 is 14.8 Å². The van der Waals surface area contributed by atoms with Gasteiger partial charge in [0.05, 0.1) is 12.3 Å². The second kappa shape index (κ2) is 7.01. The van der Waals surface area contributed by atoms with Gasteiger partial charge in [-0.3, -0.25) is 4.79 Å². The zero-order chi connectivity index (χ0) is 18.1. The van der Waals surface area contributed by atoms with E-state index in [9.17, 15) is 4.79 Å². The molecule has 4 rings (SSSR count). The maximum absolute atomic E-state index is 12.8. The number of halogens is 1. The van der Waals surface area contributed by atoms with Gasteiger partial charge in [-0.05, 0) is 22.0 Å². The molecular formula is C19H16BrNO5. The first-order valence-electron chi connectivity index (χ1n) is 8.07. The number of nitrogens with one attached hydrogen (secondary N) is 1. The van der Waals surface area contributed by atoms with Crippen molar-refractivity contribution in [1.29, 1.82) is 0 Å². The zero-order valence-corrected chi connectivity index (χ0v) is 15.6. The summed E-state index contributed by atoms with van der Waals surface area (Å²) in [5.41, 5.74) is 1.93. The van der Waals surface area contributed by atoms with E-state index in [0.717, 1.165) is 5.39 Å². The highest BCUT2D eigenvalue weighted by molar-refractivity contribution is 9.10. The number of carbonyl (C=O) groups is 1. The molecule has 0 spiro atoms. The number of para-hydroxylation sites is 1. The number of hydrogen-bond acceptors (Lipinski definition) is 5. The Labute approximate surface area is 158 Å². The molecule has 1 amide bonds. The molecule has 1 aliphatic heterocycles. The number of ether oxygens (including phenoxy) is 3. The highest BCUT2D eigenvalue weighted by Gasteiger charge is 2.22. The summed E-state index contributed by atoms with van der Waals surface area (Å²) in [5, 5.41) is 3.73. The number of rotatable bonds is 4. The minimum Gasteiger partial charge on any atom is -0.486 e. The highest BCUT2D eigenvalue weighted by Crippen LogP contribution is 2.38. The summed E-state index contributed by atoms with van der Waals surface area (Å²) in [6.07, 6.45) is 0. The SMILES string of the molecule is COCc1c(C(=O)Nc2cc3c(cc2Br)OCCO3)oc2ccccc12. The molecule has 0 fully saturated rings. The van der Waals surface area contributed by atoms with E-state index in [4.69, 9.17) is 18.6 Å². The quantitative estimate of drug-likeness (QED) is 0.682. The molecule has 134 valence electrons. The van der Waals surface area contributed by atoms with Crippen molar-refractivity contribution in [3.8, 4) is 11.5 Å². The van der Waals surface area contributed by atoms with Crippen LogP contribution in [0.3, 0.4) is 0 Å². The van der Waals surface area contributed by atoms with Gasteiger partial charge in [0.2, 0.25) is 0 Å². The van der Waals surface area contributed by atoms with E-state index in [1.165, 1.54) is 0 Å². The molecule has 26 heavy (non-hydrogen) atoms. The van der Waals surface area contributed by atoms with E-state index in [1.807, 2.05) is 24.3 Å². The number of methoxy groups -OCH3 is 1. The first kappa shape index (κ1) is 16.9. The van der Waals surface area contributed by atoms with Crippen LogP contribution in [0.2, 0.25) is 0 Å². The van der Waals surface area contributed by atoms with E-state index in [0.29, 0.717) is 46.0 Å². The van der Waals surface area contributed by atoms with Crippen LogP contribution in [-0.4, -0.2) is 26.2 Å². The summed E-state index contributed by atoms with van der Waals surface area (Å²) in [4.78, 5) is 12.8. The van der Waals surface area contributed by atoms with Crippen LogP contribution in [0.1, 0.15) is 16.1 Å². The summed E-state index contributed by atoms with van der Waals surface area (Å²) >= 11 is 3.45. The molecule has 1 N–H and O–H groups in total. The van der Waals surface area contributed by atoms with Crippen LogP contribution in [0.4, 0.5) is 5.69 Å². The van der Waals surface area contributed by atoms with Gasteiger partial charge >= 0.3 is 0 Å². The van der Waals surface area contributed by atoms with Crippen LogP contribution >= 0.6 is 15.9 Å². The lowest BCUT2D eigenvalue weighted by Gasteiger charge is -2.20. The van der Waals surface area contributed by atoms with Crippen LogP contribution in [-0.2, 0) is 11.3 Å². The van der Waals surface area contributed by atoms with Gasteiger partial charge in [0.25, 0.3) is 5.91 Å². The van der Waals surface area contributed by atoms with Gasteiger partial charge in [-0.15, -0.1) is 0 Å². The van der Waals surface area contributed by atoms with E-state index in [2.05, 4.69) is 21.2 Å². The number of anilines is 1. The largest absolute Gasteiger partial charge is 0.486 e. The molecule has 6 nitrogen and oxygen atoms in total. The monoisotopic (exact) mass is 417 g/mol. The average molecular weight is 418 g/mol. The molecule has 0 radical (unpaired) electrons. The summed E-state index contributed by atoms with van der Waals surface area (Å²) in [6, 6.07) is 11.0. The Bertz CT molecular complexity index is 981. The van der Waals surface area contributed by atoms with Crippen molar-refractivity contribution in [3.05, 3.63) is 52.2 Å². The van der Waals surface area contributed by atoms with Crippen molar-refractivity contribution in [2.24, 2.45) is 0 Å². The fourth-order valence-electron chi connectivity index (χ4n) is 2.91. The fourth-order valence-corrected chi connectivity index (χ4v) is 3.33. The zero-order valence-electron chi connectivity index (χ0n) is 14.0. The molecule has 0 atom stereocenters. The molecule has 7 heteroatoms. The minimum absolute atomic E-state index is 0.231. The van der Waals surface area contributed by atoms with Crippen molar-refractivity contribution in [2.75, 3.05) is 25.6 Å². The number of furan rings is 1. The lowest BCUT2D eigenvalue weighted by molar-refractivity contribution is 0.0992. The van der Waals surface area contributed by atoms with Crippen molar-refractivity contribution in [2.45, 2.75) is 6.61 Å². The first-order valence-corrected chi connectivity index (χ1v) is 8.86. The fraction of sp³-hybridized carbons (Fsp3) is 0.211. The molecule has 0 saturated heterocycles. The van der Waals surface area contributed by atoms with Gasteiger partial charge in [-0.25, -0.2) is 0 Å². The number of carbonyl (C=O) groups excluding carboxylic acids is 1. The molecule has 0 unspecified atom stereocenters. The predicted molar refractivity (Wildman–Crippen MR) is 100 cm³/mol. The van der Waals surface area contributed by atoms with Crippen LogP contribution in [0, 0.1) is 0 Å². The van der Waals surface area contributed by atoms with Crippen LogP contribution in [0.15, 0.2) is 45.3 Å². The number of amides is 1. The molecule has 0 aliphatic carbocycles. The molecule has 2 aromatic carbocycles. The van der Waals surface area contributed by atoms with Gasteiger partial charge in [-0.2, -0.15) is 0 Å². The Kier molecular flexibility index (Phi) is 4.57. The van der Waals surface area contributed by atoms with E-state index in [-0.39, 0.29) is 18.3 Å². The van der Waals surface area contributed by atoms with Gasteiger partial charge in [0.1, 0.15) is 18.8 Å². The molecule has 1 aromatic heterocycles. The minimum atomic E-state index is -0.356. The number of fused-ring (bicyclic) bond motifs is 2. The molecule has 3 aromatic rings. The third kappa shape index (κ3) is 3.04. The van der Waals surface area contributed by atoms with E-state index >= 15 is 0 Å². The Morgan fingerprint density at radius 2 is 1.92 bits per heavy atom. The lowest BCUT2D eigenvalue weighted by Crippen LogP contribution is -2.17. The maximum Gasteiger partial charge on any atom is 0.291 e.